The minimum Gasteiger partial charge on any atom is -0.394 e. The molecule has 2 N–H and O–H groups in total. The van der Waals surface area contributed by atoms with Gasteiger partial charge in [-0.2, -0.15) is 0 Å². The third-order valence-corrected chi connectivity index (χ3v) is 4.21. The number of rotatable bonds is 2. The molecule has 1 fully saturated rings. The fourth-order valence-electron chi connectivity index (χ4n) is 2.66. The first-order valence-electron chi connectivity index (χ1n) is 6.66. The van der Waals surface area contributed by atoms with E-state index >= 15 is 0 Å². The van der Waals surface area contributed by atoms with E-state index in [9.17, 15) is 5.11 Å². The molecule has 1 aliphatic heterocycles. The second-order valence-electron chi connectivity index (χ2n) is 5.23. The summed E-state index contributed by atoms with van der Waals surface area (Å²) in [6, 6.07) is 8.14. The molecule has 2 heterocycles. The number of nitrogens with zero attached hydrogens (tertiary/aromatic N) is 1. The first kappa shape index (κ1) is 13.7. The number of hydrogen-bond acceptors (Lipinski definition) is 4. The van der Waals surface area contributed by atoms with Crippen molar-refractivity contribution in [3.8, 4) is 0 Å². The summed E-state index contributed by atoms with van der Waals surface area (Å²) in [5.74, 6) is 0. The molecule has 1 saturated heterocycles. The molecule has 1 aromatic carbocycles. The second kappa shape index (κ2) is 5.26. The number of pyridine rings is 1. The predicted octanol–water partition coefficient (Wildman–Crippen LogP) is 2.32. The average Bonchev–Trinajstić information content (AvgIpc) is 2.80. The van der Waals surface area contributed by atoms with Crippen molar-refractivity contribution < 1.29 is 14.9 Å². The summed E-state index contributed by atoms with van der Waals surface area (Å²) in [5, 5.41) is 21.1. The van der Waals surface area contributed by atoms with Gasteiger partial charge in [-0.1, -0.05) is 36.0 Å². The van der Waals surface area contributed by atoms with Crippen LogP contribution >= 0.6 is 12.2 Å². The van der Waals surface area contributed by atoms with Crippen molar-refractivity contribution in [3.05, 3.63) is 40.7 Å². The van der Waals surface area contributed by atoms with Gasteiger partial charge in [0.05, 0.1) is 12.7 Å². The monoisotopic (exact) mass is 291 g/mol. The zero-order valence-electron chi connectivity index (χ0n) is 11.2. The molecule has 3 rings (SSSR count). The Bertz CT molecular complexity index is 697. The van der Waals surface area contributed by atoms with E-state index in [0.29, 0.717) is 11.1 Å². The molecule has 20 heavy (non-hydrogen) atoms. The summed E-state index contributed by atoms with van der Waals surface area (Å²) in [7, 11) is 0. The van der Waals surface area contributed by atoms with E-state index in [0.717, 1.165) is 10.8 Å². The van der Waals surface area contributed by atoms with Crippen molar-refractivity contribution in [3.63, 3.8) is 0 Å². The number of aliphatic hydroxyl groups is 2. The van der Waals surface area contributed by atoms with Crippen LogP contribution in [-0.2, 0) is 4.74 Å². The lowest BCUT2D eigenvalue weighted by Crippen LogP contribution is -2.24. The topological polar surface area (TPSA) is 54.6 Å². The van der Waals surface area contributed by atoms with E-state index in [1.165, 1.54) is 5.56 Å². The summed E-state index contributed by atoms with van der Waals surface area (Å²) >= 11 is 5.53. The van der Waals surface area contributed by atoms with Crippen molar-refractivity contribution in [2.45, 2.75) is 31.8 Å². The molecule has 4 nitrogen and oxygen atoms in total. The van der Waals surface area contributed by atoms with Crippen LogP contribution in [0.5, 0.6) is 0 Å². The van der Waals surface area contributed by atoms with Crippen LogP contribution in [0.3, 0.4) is 0 Å². The summed E-state index contributed by atoms with van der Waals surface area (Å²) in [6.45, 7) is 1.86. The number of ether oxygens (including phenoxy) is 1. The number of aromatic nitrogens is 1. The van der Waals surface area contributed by atoms with Gasteiger partial charge < -0.3 is 19.5 Å². The maximum Gasteiger partial charge on any atom is 0.137 e. The molecule has 5 heteroatoms. The molecular formula is C15H17NO3S. The van der Waals surface area contributed by atoms with Crippen molar-refractivity contribution in [1.29, 1.82) is 0 Å². The first-order valence-corrected chi connectivity index (χ1v) is 7.07. The third kappa shape index (κ3) is 2.27. The summed E-state index contributed by atoms with van der Waals surface area (Å²) < 4.78 is 8.20. The Morgan fingerprint density at radius 1 is 1.40 bits per heavy atom. The fraction of sp³-hybridized carbons (Fsp3) is 0.400. The number of fused-ring (bicyclic) bond motifs is 1. The van der Waals surface area contributed by atoms with E-state index in [2.05, 4.69) is 6.07 Å². The van der Waals surface area contributed by atoms with Gasteiger partial charge in [0.1, 0.15) is 17.0 Å². The van der Waals surface area contributed by atoms with Gasteiger partial charge in [0.15, 0.2) is 0 Å². The summed E-state index contributed by atoms with van der Waals surface area (Å²) in [5.41, 5.74) is 1.19. The molecular weight excluding hydrogens is 274 g/mol. The van der Waals surface area contributed by atoms with Crippen LogP contribution in [0.1, 0.15) is 18.2 Å². The smallest absolute Gasteiger partial charge is 0.137 e. The lowest BCUT2D eigenvalue weighted by Gasteiger charge is -2.17. The van der Waals surface area contributed by atoms with E-state index in [1.54, 1.807) is 0 Å². The fourth-order valence-corrected chi connectivity index (χ4v) is 3.02. The minimum absolute atomic E-state index is 0.183. The van der Waals surface area contributed by atoms with Crippen molar-refractivity contribution in [2.24, 2.45) is 0 Å². The Balaban J connectivity index is 2.03. The lowest BCUT2D eigenvalue weighted by atomic mass is 10.1. The molecule has 2 aromatic rings. The van der Waals surface area contributed by atoms with Gasteiger partial charge in [-0.15, -0.1) is 0 Å². The molecule has 0 radical (unpaired) electrons. The Morgan fingerprint density at radius 2 is 2.20 bits per heavy atom. The Hall–Kier alpha value is -1.27. The van der Waals surface area contributed by atoms with Gasteiger partial charge in [-0.05, 0) is 18.4 Å². The van der Waals surface area contributed by atoms with E-state index < -0.39 is 12.2 Å². The van der Waals surface area contributed by atoms with Crippen LogP contribution in [-0.4, -0.2) is 33.6 Å². The highest BCUT2D eigenvalue weighted by Gasteiger charge is 2.34. The van der Waals surface area contributed by atoms with E-state index in [1.807, 2.05) is 35.9 Å². The van der Waals surface area contributed by atoms with Crippen LogP contribution in [0, 0.1) is 11.6 Å². The standard InChI is InChI=1S/C15H17NO3S/c1-9-2-3-11-10(6-9)4-5-16(15(11)20)14-7-12(18)13(8-17)19-14/h2-6,12-14,17-18H,7-8H2,1H3/t12?,13-,14-/m1/s1. The maximum atomic E-state index is 9.83. The van der Waals surface area contributed by atoms with Gasteiger partial charge in [0.25, 0.3) is 0 Å². The highest BCUT2D eigenvalue weighted by Crippen LogP contribution is 2.30. The van der Waals surface area contributed by atoms with Crippen molar-refractivity contribution in [1.82, 2.24) is 4.57 Å². The predicted molar refractivity (Wildman–Crippen MR) is 79.1 cm³/mol. The molecule has 0 bridgehead atoms. The Kier molecular flexibility index (Phi) is 3.60. The third-order valence-electron chi connectivity index (χ3n) is 3.78. The molecule has 1 aliphatic rings. The molecule has 1 aromatic heterocycles. The van der Waals surface area contributed by atoms with Crippen molar-refractivity contribution in [2.75, 3.05) is 6.61 Å². The van der Waals surface area contributed by atoms with Gasteiger partial charge in [0, 0.05) is 18.0 Å². The SMILES string of the molecule is Cc1ccc2c(=S)n([C@H]3CC(O)[C@@H](CO)O3)ccc2c1. The number of benzene rings is 1. The zero-order valence-corrected chi connectivity index (χ0v) is 12.0. The number of aryl methyl sites for hydroxylation is 1. The lowest BCUT2D eigenvalue weighted by molar-refractivity contribution is -0.0447. The molecule has 0 saturated carbocycles. The average molecular weight is 291 g/mol. The molecule has 0 spiro atoms. The quantitative estimate of drug-likeness (QED) is 0.834. The van der Waals surface area contributed by atoms with Gasteiger partial charge >= 0.3 is 0 Å². The second-order valence-corrected chi connectivity index (χ2v) is 5.62. The van der Waals surface area contributed by atoms with Gasteiger partial charge in [-0.25, -0.2) is 0 Å². The molecule has 0 aliphatic carbocycles. The van der Waals surface area contributed by atoms with Crippen molar-refractivity contribution >= 4 is 23.0 Å². The normalized spacial score (nSPS) is 26.2. The van der Waals surface area contributed by atoms with Gasteiger partial charge in [0.2, 0.25) is 0 Å². The number of hydrogen-bond donors (Lipinski definition) is 2. The highest BCUT2D eigenvalue weighted by atomic mass is 32.1. The van der Waals surface area contributed by atoms with Crippen LogP contribution in [0.2, 0.25) is 0 Å². The molecule has 1 unspecified atom stereocenters. The van der Waals surface area contributed by atoms with Crippen LogP contribution in [0.4, 0.5) is 0 Å². The van der Waals surface area contributed by atoms with Crippen LogP contribution in [0.15, 0.2) is 30.5 Å². The zero-order chi connectivity index (χ0) is 14.3. The van der Waals surface area contributed by atoms with Crippen LogP contribution < -0.4 is 0 Å². The molecule has 0 amide bonds. The van der Waals surface area contributed by atoms with E-state index in [4.69, 9.17) is 22.1 Å². The Labute approximate surface area is 122 Å². The first-order chi connectivity index (χ1) is 9.60. The largest absolute Gasteiger partial charge is 0.394 e. The van der Waals surface area contributed by atoms with E-state index in [-0.39, 0.29) is 12.8 Å². The van der Waals surface area contributed by atoms with Gasteiger partial charge in [-0.3, -0.25) is 0 Å². The minimum atomic E-state index is -0.652. The molecule has 106 valence electrons. The van der Waals surface area contributed by atoms with Crippen LogP contribution in [0.25, 0.3) is 10.8 Å². The number of aliphatic hydroxyl groups excluding tert-OH is 2. The summed E-state index contributed by atoms with van der Waals surface area (Å²) in [4.78, 5) is 0. The highest BCUT2D eigenvalue weighted by molar-refractivity contribution is 7.71. The maximum absolute atomic E-state index is 9.83. The Morgan fingerprint density at radius 3 is 2.90 bits per heavy atom. The molecule has 3 atom stereocenters. The summed E-state index contributed by atoms with van der Waals surface area (Å²) in [6.07, 6.45) is 0.828.